The second-order valence-electron chi connectivity index (χ2n) is 3.98. The highest BCUT2D eigenvalue weighted by Crippen LogP contribution is 2.13. The molecule has 2 aromatic carbocycles. The molecule has 0 aromatic heterocycles. The second kappa shape index (κ2) is 6.27. The number of terminal acetylenes is 1. The summed E-state index contributed by atoms with van der Waals surface area (Å²) in [6.45, 7) is 0.477. The molecule has 2 aromatic rings. The van der Waals surface area contributed by atoms with Crippen molar-refractivity contribution in [3.63, 3.8) is 0 Å². The van der Waals surface area contributed by atoms with E-state index in [0.717, 1.165) is 5.56 Å². The lowest BCUT2D eigenvalue weighted by atomic mass is 10.2. The van der Waals surface area contributed by atoms with Gasteiger partial charge in [0.2, 0.25) is 0 Å². The maximum atomic E-state index is 11.8. The second-order valence-corrected chi connectivity index (χ2v) is 3.98. The number of anilines is 1. The lowest BCUT2D eigenvalue weighted by Gasteiger charge is -2.09. The third-order valence-electron chi connectivity index (χ3n) is 2.63. The summed E-state index contributed by atoms with van der Waals surface area (Å²) in [5.41, 5.74) is 2.34. The van der Waals surface area contributed by atoms with E-state index in [0.29, 0.717) is 17.8 Å². The van der Waals surface area contributed by atoms with Crippen molar-refractivity contribution < 1.29 is 4.79 Å². The summed E-state index contributed by atoms with van der Waals surface area (Å²) < 4.78 is 0. The van der Waals surface area contributed by atoms with Crippen LogP contribution in [0.25, 0.3) is 0 Å². The van der Waals surface area contributed by atoms with Gasteiger partial charge < -0.3 is 10.6 Å². The maximum absolute atomic E-state index is 11.8. The van der Waals surface area contributed by atoms with Crippen molar-refractivity contribution >= 4 is 11.7 Å². The number of rotatable bonds is 3. The molecule has 2 amide bonds. The molecule has 3 nitrogen and oxygen atoms in total. The van der Waals surface area contributed by atoms with E-state index in [4.69, 9.17) is 6.42 Å². The number of para-hydroxylation sites is 1. The Bertz CT molecular complexity index is 600. The molecule has 3 heteroatoms. The smallest absolute Gasteiger partial charge is 0.319 e. The van der Waals surface area contributed by atoms with Crippen molar-refractivity contribution in [3.8, 4) is 12.3 Å². The molecule has 0 saturated carbocycles. The zero-order chi connectivity index (χ0) is 13.5. The summed E-state index contributed by atoms with van der Waals surface area (Å²) in [6.07, 6.45) is 5.37. The molecule has 19 heavy (non-hydrogen) atoms. The molecule has 2 rings (SSSR count). The summed E-state index contributed by atoms with van der Waals surface area (Å²) in [7, 11) is 0. The molecule has 0 saturated heterocycles. The summed E-state index contributed by atoms with van der Waals surface area (Å²) in [6, 6.07) is 16.7. The van der Waals surface area contributed by atoms with Crippen LogP contribution in [0, 0.1) is 12.3 Å². The Labute approximate surface area is 112 Å². The number of hydrogen-bond acceptors (Lipinski definition) is 1. The van der Waals surface area contributed by atoms with Gasteiger partial charge in [-0.15, -0.1) is 6.42 Å². The van der Waals surface area contributed by atoms with E-state index in [1.807, 2.05) is 42.5 Å². The van der Waals surface area contributed by atoms with Crippen LogP contribution in [0.15, 0.2) is 54.6 Å². The number of hydrogen-bond donors (Lipinski definition) is 2. The highest BCUT2D eigenvalue weighted by Gasteiger charge is 2.04. The topological polar surface area (TPSA) is 41.1 Å². The Balaban J connectivity index is 1.93. The minimum Gasteiger partial charge on any atom is -0.334 e. The number of nitrogens with one attached hydrogen (secondary N) is 2. The fraction of sp³-hybridized carbons (Fsp3) is 0.0625. The molecule has 0 bridgehead atoms. The van der Waals surface area contributed by atoms with Crippen LogP contribution in [0.2, 0.25) is 0 Å². The number of benzene rings is 2. The molecule has 0 unspecified atom stereocenters. The van der Waals surface area contributed by atoms with Gasteiger partial charge >= 0.3 is 6.03 Å². The molecule has 0 radical (unpaired) electrons. The largest absolute Gasteiger partial charge is 0.334 e. The van der Waals surface area contributed by atoms with Gasteiger partial charge in [0.05, 0.1) is 5.69 Å². The van der Waals surface area contributed by atoms with Crippen LogP contribution in [-0.2, 0) is 6.54 Å². The van der Waals surface area contributed by atoms with E-state index in [2.05, 4.69) is 16.6 Å². The average molecular weight is 250 g/mol. The molecule has 0 aliphatic heterocycles. The van der Waals surface area contributed by atoms with Gasteiger partial charge in [-0.3, -0.25) is 0 Å². The van der Waals surface area contributed by atoms with Crippen molar-refractivity contribution in [2.24, 2.45) is 0 Å². The first-order valence-corrected chi connectivity index (χ1v) is 5.94. The van der Waals surface area contributed by atoms with E-state index in [-0.39, 0.29) is 6.03 Å². The van der Waals surface area contributed by atoms with Gasteiger partial charge in [0.15, 0.2) is 0 Å². The minimum absolute atomic E-state index is 0.272. The van der Waals surface area contributed by atoms with E-state index in [1.165, 1.54) is 0 Å². The molecule has 0 fully saturated rings. The molecule has 0 aliphatic carbocycles. The first-order chi connectivity index (χ1) is 9.29. The zero-order valence-corrected chi connectivity index (χ0v) is 10.4. The monoisotopic (exact) mass is 250 g/mol. The standard InChI is InChI=1S/C16H14N2O/c1-2-14-10-6-7-11-15(14)18-16(19)17-12-13-8-4-3-5-9-13/h1,3-11H,12H2,(H2,17,18,19). The SMILES string of the molecule is C#Cc1ccccc1NC(=O)NCc1ccccc1. The fourth-order valence-electron chi connectivity index (χ4n) is 1.66. The van der Waals surface area contributed by atoms with E-state index < -0.39 is 0 Å². The molecule has 0 heterocycles. The molecular weight excluding hydrogens is 236 g/mol. The van der Waals surface area contributed by atoms with Crippen molar-refractivity contribution in [1.82, 2.24) is 5.32 Å². The average Bonchev–Trinajstić information content (AvgIpc) is 2.47. The fourth-order valence-corrected chi connectivity index (χ4v) is 1.66. The van der Waals surface area contributed by atoms with Gasteiger partial charge in [-0.05, 0) is 17.7 Å². The lowest BCUT2D eigenvalue weighted by molar-refractivity contribution is 0.251. The third-order valence-corrected chi connectivity index (χ3v) is 2.63. The summed E-state index contributed by atoms with van der Waals surface area (Å²) >= 11 is 0. The van der Waals surface area contributed by atoms with Gasteiger partial charge in [-0.1, -0.05) is 48.4 Å². The van der Waals surface area contributed by atoms with Crippen molar-refractivity contribution in [2.75, 3.05) is 5.32 Å². The highest BCUT2D eigenvalue weighted by atomic mass is 16.2. The highest BCUT2D eigenvalue weighted by molar-refractivity contribution is 5.90. The summed E-state index contributed by atoms with van der Waals surface area (Å²) in [5, 5.41) is 5.52. The normalized spacial score (nSPS) is 9.42. The molecule has 0 aliphatic rings. The van der Waals surface area contributed by atoms with Crippen molar-refractivity contribution in [3.05, 3.63) is 65.7 Å². The maximum Gasteiger partial charge on any atom is 0.319 e. The third kappa shape index (κ3) is 3.62. The van der Waals surface area contributed by atoms with E-state index >= 15 is 0 Å². The number of urea groups is 1. The molecular formula is C16H14N2O. The molecule has 94 valence electrons. The Hall–Kier alpha value is -2.73. The van der Waals surface area contributed by atoms with Gasteiger partial charge in [0.25, 0.3) is 0 Å². The van der Waals surface area contributed by atoms with Gasteiger partial charge in [-0.2, -0.15) is 0 Å². The predicted octanol–water partition coefficient (Wildman–Crippen LogP) is 2.99. The van der Waals surface area contributed by atoms with E-state index in [9.17, 15) is 4.79 Å². The first kappa shape index (κ1) is 12.7. The zero-order valence-electron chi connectivity index (χ0n) is 10.4. The summed E-state index contributed by atoms with van der Waals surface area (Å²) in [5.74, 6) is 2.53. The van der Waals surface area contributed by atoms with Gasteiger partial charge in [-0.25, -0.2) is 4.79 Å². The Kier molecular flexibility index (Phi) is 4.20. The van der Waals surface area contributed by atoms with Crippen LogP contribution in [0.5, 0.6) is 0 Å². The van der Waals surface area contributed by atoms with Crippen LogP contribution in [0.4, 0.5) is 10.5 Å². The Morgan fingerprint density at radius 1 is 1.05 bits per heavy atom. The lowest BCUT2D eigenvalue weighted by Crippen LogP contribution is -2.28. The number of amides is 2. The van der Waals surface area contributed by atoms with Crippen molar-refractivity contribution in [2.45, 2.75) is 6.54 Å². The van der Waals surface area contributed by atoms with Crippen LogP contribution < -0.4 is 10.6 Å². The molecule has 2 N–H and O–H groups in total. The van der Waals surface area contributed by atoms with E-state index in [1.54, 1.807) is 12.1 Å². The minimum atomic E-state index is -0.272. The Morgan fingerprint density at radius 3 is 2.47 bits per heavy atom. The quantitative estimate of drug-likeness (QED) is 0.808. The van der Waals surface area contributed by atoms with Crippen LogP contribution >= 0.6 is 0 Å². The number of carbonyl (C=O) groups is 1. The van der Waals surface area contributed by atoms with Crippen LogP contribution in [0.3, 0.4) is 0 Å². The van der Waals surface area contributed by atoms with Gasteiger partial charge in [0.1, 0.15) is 0 Å². The Morgan fingerprint density at radius 2 is 1.74 bits per heavy atom. The first-order valence-electron chi connectivity index (χ1n) is 5.94. The van der Waals surface area contributed by atoms with Gasteiger partial charge in [0, 0.05) is 12.1 Å². The van der Waals surface area contributed by atoms with Crippen LogP contribution in [-0.4, -0.2) is 6.03 Å². The molecule has 0 atom stereocenters. The van der Waals surface area contributed by atoms with Crippen molar-refractivity contribution in [1.29, 1.82) is 0 Å². The summed E-state index contributed by atoms with van der Waals surface area (Å²) in [4.78, 5) is 11.8. The number of carbonyl (C=O) groups excluding carboxylic acids is 1. The molecule has 0 spiro atoms. The van der Waals surface area contributed by atoms with Crippen LogP contribution in [0.1, 0.15) is 11.1 Å². The predicted molar refractivity (Wildman–Crippen MR) is 76.7 cm³/mol.